The molecule has 0 radical (unpaired) electrons. The van der Waals surface area contributed by atoms with Gasteiger partial charge < -0.3 is 15.4 Å². The smallest absolute Gasteiger partial charge is 0.256 e. The fourth-order valence-electron chi connectivity index (χ4n) is 3.87. The highest BCUT2D eigenvalue weighted by atomic mass is 19.2. The number of benzene rings is 1. The van der Waals surface area contributed by atoms with Crippen LogP contribution >= 0.6 is 0 Å². The molecule has 1 amide bonds. The van der Waals surface area contributed by atoms with Gasteiger partial charge in [-0.3, -0.25) is 4.79 Å². The Morgan fingerprint density at radius 3 is 3.04 bits per heavy atom. The molecule has 2 aliphatic heterocycles. The third-order valence-corrected chi connectivity index (χ3v) is 5.23. The molecule has 1 aromatic carbocycles. The number of amides is 1. The van der Waals surface area contributed by atoms with Crippen LogP contribution in [0.4, 0.5) is 14.6 Å². The molecule has 2 aromatic heterocycles. The van der Waals surface area contributed by atoms with Crippen molar-refractivity contribution in [3.8, 4) is 5.75 Å². The fraction of sp³-hybridized carbons (Fsp3) is 0.316. The van der Waals surface area contributed by atoms with Gasteiger partial charge in [0.1, 0.15) is 22.7 Å². The second-order valence-corrected chi connectivity index (χ2v) is 7.49. The van der Waals surface area contributed by atoms with Crippen LogP contribution in [0.5, 0.6) is 5.75 Å². The van der Waals surface area contributed by atoms with Gasteiger partial charge in [0.25, 0.3) is 5.91 Å². The van der Waals surface area contributed by atoms with Crippen molar-refractivity contribution in [3.63, 3.8) is 0 Å². The van der Waals surface area contributed by atoms with E-state index in [2.05, 4.69) is 20.7 Å². The normalized spacial score (nSPS) is 23.4. The van der Waals surface area contributed by atoms with Crippen molar-refractivity contribution in [2.45, 2.75) is 31.9 Å². The van der Waals surface area contributed by atoms with Crippen LogP contribution in [0.1, 0.15) is 41.4 Å². The van der Waals surface area contributed by atoms with Crippen LogP contribution in [0.2, 0.25) is 0 Å². The average Bonchev–Trinajstić information content (AvgIpc) is 3.20. The summed E-state index contributed by atoms with van der Waals surface area (Å²) in [6, 6.07) is 2.21. The van der Waals surface area contributed by atoms with Gasteiger partial charge in [-0.2, -0.15) is 5.10 Å². The van der Waals surface area contributed by atoms with Crippen LogP contribution in [-0.2, 0) is 6.42 Å². The molecule has 3 aromatic rings. The number of rotatable bonds is 0. The second-order valence-electron chi connectivity index (χ2n) is 7.49. The highest BCUT2D eigenvalue weighted by molar-refractivity contribution is 5.99. The molecule has 0 saturated heterocycles. The minimum absolute atomic E-state index is 0.111. The Morgan fingerprint density at radius 1 is 1.39 bits per heavy atom. The van der Waals surface area contributed by atoms with E-state index in [9.17, 15) is 13.6 Å². The van der Waals surface area contributed by atoms with Crippen molar-refractivity contribution in [1.29, 1.82) is 0 Å². The summed E-state index contributed by atoms with van der Waals surface area (Å²) in [5.74, 6) is -1.49. The molecule has 0 spiro atoms. The van der Waals surface area contributed by atoms with E-state index in [1.54, 1.807) is 26.1 Å². The summed E-state index contributed by atoms with van der Waals surface area (Å²) in [6.07, 6.45) is 3.45. The van der Waals surface area contributed by atoms with E-state index in [0.29, 0.717) is 34.8 Å². The Morgan fingerprint density at radius 2 is 2.21 bits per heavy atom. The third-order valence-electron chi connectivity index (χ3n) is 5.23. The predicted octanol–water partition coefficient (Wildman–Crippen LogP) is 2.62. The molecule has 144 valence electrons. The number of hydrogen-bond donors (Lipinski definition) is 2. The molecule has 0 aliphatic carbocycles. The number of carbonyl (C=O) groups excluding carboxylic acids is 1. The molecule has 4 bridgehead atoms. The van der Waals surface area contributed by atoms with Crippen LogP contribution in [0.25, 0.3) is 5.65 Å². The molecule has 9 heteroatoms. The lowest BCUT2D eigenvalue weighted by atomic mass is 9.96. The van der Waals surface area contributed by atoms with Crippen molar-refractivity contribution in [2.24, 2.45) is 0 Å². The number of ether oxygens (including phenoxy) is 1. The maximum absolute atomic E-state index is 14.7. The molecule has 4 heterocycles. The number of hydrogen-bond acceptors (Lipinski definition) is 5. The molecule has 7 nitrogen and oxygen atoms in total. The molecule has 5 rings (SSSR count). The molecule has 0 unspecified atom stereocenters. The summed E-state index contributed by atoms with van der Waals surface area (Å²) in [7, 11) is 0. The quantitative estimate of drug-likeness (QED) is 0.622. The number of fused-ring (bicyclic) bond motifs is 2. The van der Waals surface area contributed by atoms with E-state index in [1.807, 2.05) is 0 Å². The van der Waals surface area contributed by atoms with Crippen LogP contribution in [0, 0.1) is 11.6 Å². The molecule has 2 N–H and O–H groups in total. The van der Waals surface area contributed by atoms with E-state index in [1.165, 1.54) is 16.8 Å². The van der Waals surface area contributed by atoms with Gasteiger partial charge in [-0.1, -0.05) is 0 Å². The Hall–Kier alpha value is -3.23. The van der Waals surface area contributed by atoms with Gasteiger partial charge in [0.15, 0.2) is 17.3 Å². The zero-order valence-electron chi connectivity index (χ0n) is 15.2. The first-order valence-electron chi connectivity index (χ1n) is 8.93. The maximum Gasteiger partial charge on any atom is 0.256 e. The van der Waals surface area contributed by atoms with Crippen molar-refractivity contribution < 1.29 is 18.3 Å². The van der Waals surface area contributed by atoms with Gasteiger partial charge in [0.2, 0.25) is 0 Å². The number of nitrogens with one attached hydrogen (secondary N) is 2. The fourth-order valence-corrected chi connectivity index (χ4v) is 3.87. The van der Waals surface area contributed by atoms with Gasteiger partial charge in [0.05, 0.1) is 24.3 Å². The summed E-state index contributed by atoms with van der Waals surface area (Å²) in [5.41, 5.74) is 0.560. The van der Waals surface area contributed by atoms with Gasteiger partial charge in [0, 0.05) is 18.2 Å². The highest BCUT2D eigenvalue weighted by Crippen LogP contribution is 2.43. The van der Waals surface area contributed by atoms with Crippen molar-refractivity contribution >= 4 is 17.4 Å². The number of nitrogens with zero attached hydrogens (tertiary/aromatic N) is 3. The summed E-state index contributed by atoms with van der Waals surface area (Å²) in [6.45, 7) is 3.68. The summed E-state index contributed by atoms with van der Waals surface area (Å²) < 4.78 is 36.5. The third kappa shape index (κ3) is 2.42. The van der Waals surface area contributed by atoms with Gasteiger partial charge in [-0.15, -0.1) is 0 Å². The number of carbonyl (C=O) groups is 1. The number of anilines is 1. The largest absolute Gasteiger partial charge is 0.485 e. The number of halogens is 2. The minimum Gasteiger partial charge on any atom is -0.485 e. The van der Waals surface area contributed by atoms with Crippen molar-refractivity contribution in [3.05, 3.63) is 52.9 Å². The van der Waals surface area contributed by atoms with Crippen LogP contribution < -0.4 is 15.4 Å². The summed E-state index contributed by atoms with van der Waals surface area (Å²) in [4.78, 5) is 17.1. The lowest BCUT2D eigenvalue weighted by Gasteiger charge is -2.25. The molecule has 0 saturated carbocycles. The van der Waals surface area contributed by atoms with Crippen LogP contribution in [0.15, 0.2) is 24.5 Å². The molecular weight excluding hydrogens is 368 g/mol. The van der Waals surface area contributed by atoms with Crippen LogP contribution in [-0.4, -0.2) is 32.7 Å². The van der Waals surface area contributed by atoms with E-state index in [0.717, 1.165) is 0 Å². The minimum atomic E-state index is -0.951. The SMILES string of the molecule is C[C@H]1Nc2ccn3ncc(c3n2)C(=O)NC[C@@]2(C)Cc3cc(F)c(F)c1c3O2. The van der Waals surface area contributed by atoms with Gasteiger partial charge in [-0.05, 0) is 26.0 Å². The second kappa shape index (κ2) is 5.63. The Kier molecular flexibility index (Phi) is 3.40. The Labute approximate surface area is 158 Å². The van der Waals surface area contributed by atoms with E-state index in [4.69, 9.17) is 4.74 Å². The van der Waals surface area contributed by atoms with E-state index >= 15 is 0 Å². The monoisotopic (exact) mass is 385 g/mol. The first-order chi connectivity index (χ1) is 13.3. The molecule has 0 fully saturated rings. The van der Waals surface area contributed by atoms with Gasteiger partial charge in [-0.25, -0.2) is 18.3 Å². The molecule has 2 atom stereocenters. The Balaban J connectivity index is 1.70. The van der Waals surface area contributed by atoms with Crippen LogP contribution in [0.3, 0.4) is 0 Å². The first kappa shape index (κ1) is 16.9. The zero-order valence-corrected chi connectivity index (χ0v) is 15.2. The Bertz CT molecular complexity index is 1150. The molecule has 28 heavy (non-hydrogen) atoms. The maximum atomic E-state index is 14.7. The van der Waals surface area contributed by atoms with Gasteiger partial charge >= 0.3 is 0 Å². The zero-order chi connectivity index (χ0) is 19.6. The van der Waals surface area contributed by atoms with E-state index in [-0.39, 0.29) is 18.0 Å². The topological polar surface area (TPSA) is 80.5 Å². The lowest BCUT2D eigenvalue weighted by molar-refractivity contribution is 0.0838. The highest BCUT2D eigenvalue weighted by Gasteiger charge is 2.40. The first-order valence-corrected chi connectivity index (χ1v) is 8.93. The average molecular weight is 385 g/mol. The predicted molar refractivity (Wildman–Crippen MR) is 96.5 cm³/mol. The van der Waals surface area contributed by atoms with Crippen molar-refractivity contribution in [2.75, 3.05) is 11.9 Å². The van der Waals surface area contributed by atoms with Crippen molar-refractivity contribution in [1.82, 2.24) is 19.9 Å². The molecule has 2 aliphatic rings. The molecular formula is C19H17F2N5O2. The summed E-state index contributed by atoms with van der Waals surface area (Å²) in [5, 5.41) is 10.1. The van der Waals surface area contributed by atoms with E-state index < -0.39 is 23.3 Å². The number of aromatic nitrogens is 3. The summed E-state index contributed by atoms with van der Waals surface area (Å²) >= 11 is 0. The standard InChI is InChI=1S/C19H17F2N5O2/c1-9-14-15(21)12(20)5-10-6-19(2,28-16(10)14)8-22-18(27)11-7-23-26-4-3-13(24-9)25-17(11)26/h3-5,7,9H,6,8H2,1-2H3,(H,22,27)(H,24,25)/t9-,19-/m1/s1. The lowest BCUT2D eigenvalue weighted by Crippen LogP contribution is -2.44.